The molecule has 3 aromatic rings. The molecule has 0 saturated carbocycles. The lowest BCUT2D eigenvalue weighted by Crippen LogP contribution is -2.41. The van der Waals surface area contributed by atoms with Crippen molar-refractivity contribution in [3.8, 4) is 11.3 Å². The van der Waals surface area contributed by atoms with E-state index in [2.05, 4.69) is 17.1 Å². The zero-order valence-electron chi connectivity index (χ0n) is 16.7. The van der Waals surface area contributed by atoms with Crippen molar-refractivity contribution in [2.45, 2.75) is 38.8 Å². The molecular formula is C23H23ClN2O2S. The fourth-order valence-corrected chi connectivity index (χ4v) is 5.03. The van der Waals surface area contributed by atoms with Gasteiger partial charge in [0, 0.05) is 29.1 Å². The Morgan fingerprint density at radius 1 is 1.17 bits per heavy atom. The molecule has 150 valence electrons. The number of hydrogen-bond acceptors (Lipinski definition) is 4. The Hall–Kier alpha value is -2.37. The molecule has 0 N–H and O–H groups in total. The van der Waals surface area contributed by atoms with Crippen molar-refractivity contribution in [2.24, 2.45) is 0 Å². The van der Waals surface area contributed by atoms with Crippen molar-refractivity contribution < 1.29 is 9.53 Å². The smallest absolute Gasteiger partial charge is 0.410 e. The molecule has 4 nitrogen and oxygen atoms in total. The molecule has 6 heteroatoms. The van der Waals surface area contributed by atoms with E-state index in [-0.39, 0.29) is 12.0 Å². The number of amides is 1. The van der Waals surface area contributed by atoms with E-state index in [1.807, 2.05) is 57.2 Å². The van der Waals surface area contributed by atoms with E-state index in [1.165, 1.54) is 16.9 Å². The first-order chi connectivity index (χ1) is 13.8. The predicted octanol–water partition coefficient (Wildman–Crippen LogP) is 6.35. The fourth-order valence-electron chi connectivity index (χ4n) is 3.67. The summed E-state index contributed by atoms with van der Waals surface area (Å²) in [5.41, 5.74) is 3.77. The highest BCUT2D eigenvalue weighted by atomic mass is 35.5. The van der Waals surface area contributed by atoms with Crippen molar-refractivity contribution in [3.63, 3.8) is 0 Å². The summed E-state index contributed by atoms with van der Waals surface area (Å²) in [5, 5.41) is 0. The van der Waals surface area contributed by atoms with Gasteiger partial charge in [0.1, 0.15) is 5.60 Å². The molecule has 1 aliphatic rings. The normalized spacial score (nSPS) is 16.4. The van der Waals surface area contributed by atoms with E-state index in [1.54, 1.807) is 11.1 Å². The van der Waals surface area contributed by atoms with Crippen molar-refractivity contribution in [3.05, 3.63) is 75.1 Å². The lowest BCUT2D eigenvalue weighted by atomic mass is 9.85. The lowest BCUT2D eigenvalue weighted by molar-refractivity contribution is 0.0216. The number of carbonyl (C=O) groups is 1. The highest BCUT2D eigenvalue weighted by molar-refractivity contribution is 7.16. The zero-order valence-corrected chi connectivity index (χ0v) is 18.3. The molecule has 29 heavy (non-hydrogen) atoms. The van der Waals surface area contributed by atoms with E-state index >= 15 is 0 Å². The maximum absolute atomic E-state index is 12.8. The Balaban J connectivity index is 1.76. The maximum atomic E-state index is 12.8. The number of thiophene rings is 1. The van der Waals surface area contributed by atoms with Gasteiger partial charge < -0.3 is 9.64 Å². The molecule has 0 fully saturated rings. The zero-order chi connectivity index (χ0) is 20.6. The second kappa shape index (κ2) is 7.81. The van der Waals surface area contributed by atoms with Crippen LogP contribution in [0.5, 0.6) is 0 Å². The van der Waals surface area contributed by atoms with Crippen LogP contribution in [-0.2, 0) is 11.3 Å². The third-order valence-electron chi connectivity index (χ3n) is 4.85. The Kier molecular flexibility index (Phi) is 5.36. The molecule has 0 aliphatic carbocycles. The summed E-state index contributed by atoms with van der Waals surface area (Å²) in [7, 11) is 0. The number of benzene rings is 1. The van der Waals surface area contributed by atoms with Gasteiger partial charge in [-0.15, -0.1) is 11.3 Å². The lowest BCUT2D eigenvalue weighted by Gasteiger charge is -2.35. The molecular weight excluding hydrogens is 404 g/mol. The molecule has 2 aromatic heterocycles. The molecule has 1 unspecified atom stereocenters. The third kappa shape index (κ3) is 4.31. The van der Waals surface area contributed by atoms with Crippen molar-refractivity contribution in [2.75, 3.05) is 6.54 Å². The largest absolute Gasteiger partial charge is 0.444 e. The van der Waals surface area contributed by atoms with E-state index in [4.69, 9.17) is 16.3 Å². The van der Waals surface area contributed by atoms with Crippen LogP contribution in [0.15, 0.2) is 54.7 Å². The summed E-state index contributed by atoms with van der Waals surface area (Å²) in [4.78, 5) is 20.2. The molecule has 1 atom stereocenters. The second-order valence-corrected chi connectivity index (χ2v) is 9.91. The number of rotatable bonds is 2. The van der Waals surface area contributed by atoms with Crippen LogP contribution in [0, 0.1) is 0 Å². The molecule has 0 spiro atoms. The van der Waals surface area contributed by atoms with Crippen LogP contribution < -0.4 is 0 Å². The van der Waals surface area contributed by atoms with Gasteiger partial charge in [-0.25, -0.2) is 4.79 Å². The van der Waals surface area contributed by atoms with Gasteiger partial charge in [-0.2, -0.15) is 0 Å². The van der Waals surface area contributed by atoms with Crippen molar-refractivity contribution >= 4 is 29.0 Å². The van der Waals surface area contributed by atoms with Crippen LogP contribution >= 0.6 is 22.9 Å². The van der Waals surface area contributed by atoms with Gasteiger partial charge in [0.15, 0.2) is 0 Å². The summed E-state index contributed by atoms with van der Waals surface area (Å²) < 4.78 is 6.38. The number of ether oxygens (including phenoxy) is 1. The predicted molar refractivity (Wildman–Crippen MR) is 117 cm³/mol. The van der Waals surface area contributed by atoms with E-state index < -0.39 is 5.60 Å². The van der Waals surface area contributed by atoms with Gasteiger partial charge in [-0.3, -0.25) is 4.98 Å². The monoisotopic (exact) mass is 426 g/mol. The first kappa shape index (κ1) is 19.9. The second-order valence-electron chi connectivity index (χ2n) is 8.14. The molecule has 1 aromatic carbocycles. The highest BCUT2D eigenvalue weighted by Crippen LogP contribution is 2.42. The number of pyridine rings is 1. The van der Waals surface area contributed by atoms with Gasteiger partial charge in [-0.05, 0) is 50.1 Å². The van der Waals surface area contributed by atoms with Crippen LogP contribution in [0.3, 0.4) is 0 Å². The van der Waals surface area contributed by atoms with E-state index in [0.717, 1.165) is 26.0 Å². The van der Waals surface area contributed by atoms with E-state index in [0.29, 0.717) is 13.1 Å². The summed E-state index contributed by atoms with van der Waals surface area (Å²) in [6.45, 7) is 6.71. The minimum atomic E-state index is -0.536. The van der Waals surface area contributed by atoms with E-state index in [9.17, 15) is 4.79 Å². The molecule has 0 radical (unpaired) electrons. The number of aromatic nitrogens is 1. The topological polar surface area (TPSA) is 42.4 Å². The van der Waals surface area contributed by atoms with Crippen molar-refractivity contribution in [1.82, 2.24) is 9.88 Å². The molecule has 0 saturated heterocycles. The Morgan fingerprint density at radius 2 is 1.93 bits per heavy atom. The van der Waals surface area contributed by atoms with Crippen LogP contribution in [0.25, 0.3) is 11.3 Å². The summed E-state index contributed by atoms with van der Waals surface area (Å²) >= 11 is 7.90. The van der Waals surface area contributed by atoms with Gasteiger partial charge in [0.2, 0.25) is 0 Å². The van der Waals surface area contributed by atoms with Crippen LogP contribution in [0.1, 0.15) is 42.7 Å². The van der Waals surface area contributed by atoms with Gasteiger partial charge in [0.25, 0.3) is 0 Å². The quantitative estimate of drug-likeness (QED) is 0.479. The average molecular weight is 427 g/mol. The number of fused-ring (bicyclic) bond motifs is 1. The van der Waals surface area contributed by atoms with Crippen LogP contribution in [-0.4, -0.2) is 28.1 Å². The van der Waals surface area contributed by atoms with Gasteiger partial charge >= 0.3 is 6.09 Å². The average Bonchev–Trinajstić information content (AvgIpc) is 3.06. The van der Waals surface area contributed by atoms with Crippen molar-refractivity contribution in [1.29, 1.82) is 0 Å². The molecule has 4 rings (SSSR count). The standard InChI is InChI=1S/C23H23ClN2O2S/c1-23(2,3)28-22(27)26-13-18(17-12-21(24)29-20(17)14-26)15-8-4-5-9-16(15)19-10-6-7-11-25-19/h4-12,18H,13-14H2,1-3H3. The SMILES string of the molecule is CC(C)(C)OC(=O)N1Cc2sc(Cl)cc2C(c2ccccc2-c2ccccn2)C1. The first-order valence-electron chi connectivity index (χ1n) is 9.58. The number of halogens is 1. The van der Waals surface area contributed by atoms with Gasteiger partial charge in [-0.1, -0.05) is 41.9 Å². The number of hydrogen-bond donors (Lipinski definition) is 0. The Labute approximate surface area is 180 Å². The third-order valence-corrected chi connectivity index (χ3v) is 6.12. The minimum Gasteiger partial charge on any atom is -0.444 e. The molecule has 3 heterocycles. The van der Waals surface area contributed by atoms with Crippen LogP contribution in [0.2, 0.25) is 4.34 Å². The Bertz CT molecular complexity index is 1030. The fraction of sp³-hybridized carbons (Fsp3) is 0.304. The Morgan fingerprint density at radius 3 is 2.66 bits per heavy atom. The molecule has 0 bridgehead atoms. The summed E-state index contributed by atoms with van der Waals surface area (Å²) in [5.74, 6) is 0.00762. The first-order valence-corrected chi connectivity index (χ1v) is 10.8. The molecule has 1 amide bonds. The molecule has 1 aliphatic heterocycles. The maximum Gasteiger partial charge on any atom is 0.410 e. The minimum absolute atomic E-state index is 0.00762. The van der Waals surface area contributed by atoms with Gasteiger partial charge in [0.05, 0.1) is 16.6 Å². The summed E-state index contributed by atoms with van der Waals surface area (Å²) in [6.07, 6.45) is 1.50. The summed E-state index contributed by atoms with van der Waals surface area (Å²) in [6, 6.07) is 16.2. The number of nitrogens with zero attached hydrogens (tertiary/aromatic N) is 2. The van der Waals surface area contributed by atoms with Crippen LogP contribution in [0.4, 0.5) is 4.79 Å². The number of carbonyl (C=O) groups excluding carboxylic acids is 1. The highest BCUT2D eigenvalue weighted by Gasteiger charge is 2.34.